The monoisotopic (exact) mass is 451 g/mol. The van der Waals surface area contributed by atoms with Crippen LogP contribution in [-0.4, -0.2) is 0 Å². The Morgan fingerprint density at radius 3 is 2.71 bits per heavy atom. The molecule has 1 nitrogen and oxygen atoms in total. The predicted octanol–water partition coefficient (Wildman–Crippen LogP) is 5.88. The Bertz CT molecular complexity index is 708. The molecule has 2 aromatic rings. The molecule has 1 aliphatic carbocycles. The maximum Gasteiger partial charge on any atom is 0.0553 e. The summed E-state index contributed by atoms with van der Waals surface area (Å²) < 4.78 is 2.45. The number of allylic oxidation sites excluding steroid dienone is 2. The van der Waals surface area contributed by atoms with Gasteiger partial charge in [0, 0.05) is 19.6 Å². The highest BCUT2D eigenvalue weighted by Gasteiger charge is 2.37. The first-order valence-corrected chi connectivity index (χ1v) is 9.07. The summed E-state index contributed by atoms with van der Waals surface area (Å²) in [6.07, 6.45) is 5.90. The fourth-order valence-corrected chi connectivity index (χ4v) is 4.35. The fraction of sp³-hybridized carbons (Fsp3) is 0.222. The van der Waals surface area contributed by atoms with E-state index in [1.807, 2.05) is 0 Å². The second kappa shape index (κ2) is 5.43. The summed E-state index contributed by atoms with van der Waals surface area (Å²) in [6, 6.07) is 15.9. The van der Waals surface area contributed by atoms with Crippen molar-refractivity contribution in [3.05, 3.63) is 73.8 Å². The van der Waals surface area contributed by atoms with Crippen molar-refractivity contribution >= 4 is 44.2 Å². The van der Waals surface area contributed by atoms with E-state index in [4.69, 9.17) is 0 Å². The van der Waals surface area contributed by atoms with Crippen molar-refractivity contribution in [2.45, 2.75) is 18.4 Å². The van der Waals surface area contributed by atoms with Gasteiger partial charge >= 0.3 is 0 Å². The van der Waals surface area contributed by atoms with Gasteiger partial charge in [0.2, 0.25) is 0 Å². The Balaban J connectivity index is 1.78. The van der Waals surface area contributed by atoms with Gasteiger partial charge in [-0.25, -0.2) is 0 Å². The van der Waals surface area contributed by atoms with Crippen LogP contribution in [0.15, 0.2) is 59.1 Å². The lowest BCUT2D eigenvalue weighted by molar-refractivity contribution is 0.425. The van der Waals surface area contributed by atoms with Crippen molar-refractivity contribution in [1.82, 2.24) is 0 Å². The molecule has 2 aromatic carbocycles. The van der Waals surface area contributed by atoms with Crippen LogP contribution in [-0.2, 0) is 0 Å². The van der Waals surface area contributed by atoms with Crippen LogP contribution in [0.25, 0.3) is 0 Å². The zero-order valence-corrected chi connectivity index (χ0v) is 15.1. The number of benzene rings is 2. The number of rotatable bonds is 1. The Labute approximate surface area is 147 Å². The highest BCUT2D eigenvalue weighted by atomic mass is 127. The summed E-state index contributed by atoms with van der Waals surface area (Å²) in [7, 11) is 0. The van der Waals surface area contributed by atoms with Crippen molar-refractivity contribution in [2.75, 3.05) is 5.32 Å². The lowest BCUT2D eigenvalue weighted by atomic mass is 9.77. The van der Waals surface area contributed by atoms with Crippen molar-refractivity contribution in [1.29, 1.82) is 0 Å². The molecule has 3 atom stereocenters. The summed E-state index contributed by atoms with van der Waals surface area (Å²) in [5.41, 5.74) is 4.12. The van der Waals surface area contributed by atoms with E-state index in [0.717, 1.165) is 10.9 Å². The molecule has 0 bridgehead atoms. The van der Waals surface area contributed by atoms with Gasteiger partial charge in [0.05, 0.1) is 6.04 Å². The Morgan fingerprint density at radius 2 is 1.90 bits per heavy atom. The van der Waals surface area contributed by atoms with Crippen LogP contribution in [0, 0.1) is 9.49 Å². The molecule has 0 fully saturated rings. The minimum absolute atomic E-state index is 0.394. The van der Waals surface area contributed by atoms with Gasteiger partial charge in [0.25, 0.3) is 0 Å². The SMILES string of the molecule is Brc1ccc([C@@H]2Nc3ccc(I)cc3[C@@H]3C=CC[C@@H]32)cc1. The molecule has 106 valence electrons. The molecular formula is C18H15BrIN. The molecule has 1 N–H and O–H groups in total. The summed E-state index contributed by atoms with van der Waals surface area (Å²) in [6.45, 7) is 0. The summed E-state index contributed by atoms with van der Waals surface area (Å²) >= 11 is 5.93. The lowest BCUT2D eigenvalue weighted by Gasteiger charge is -2.37. The van der Waals surface area contributed by atoms with Crippen molar-refractivity contribution in [3.63, 3.8) is 0 Å². The number of halogens is 2. The number of hydrogen-bond acceptors (Lipinski definition) is 1. The molecule has 0 amide bonds. The topological polar surface area (TPSA) is 12.0 Å². The second-order valence-electron chi connectivity index (χ2n) is 5.76. The third-order valence-corrected chi connectivity index (χ3v) is 5.75. The highest BCUT2D eigenvalue weighted by Crippen LogP contribution is 2.49. The van der Waals surface area contributed by atoms with E-state index in [2.05, 4.69) is 98.5 Å². The van der Waals surface area contributed by atoms with Crippen molar-refractivity contribution < 1.29 is 0 Å². The van der Waals surface area contributed by atoms with E-state index >= 15 is 0 Å². The molecule has 0 spiro atoms. The van der Waals surface area contributed by atoms with E-state index in [-0.39, 0.29) is 0 Å². The van der Waals surface area contributed by atoms with E-state index in [1.54, 1.807) is 0 Å². The zero-order chi connectivity index (χ0) is 14.4. The van der Waals surface area contributed by atoms with Gasteiger partial charge in [-0.3, -0.25) is 0 Å². The quantitative estimate of drug-likeness (QED) is 0.421. The first-order chi connectivity index (χ1) is 10.2. The van der Waals surface area contributed by atoms with Crippen LogP contribution < -0.4 is 5.32 Å². The van der Waals surface area contributed by atoms with Crippen LogP contribution >= 0.6 is 38.5 Å². The van der Waals surface area contributed by atoms with Gasteiger partial charge < -0.3 is 5.32 Å². The smallest absolute Gasteiger partial charge is 0.0553 e. The molecule has 0 aromatic heterocycles. The molecule has 0 saturated carbocycles. The first kappa shape index (κ1) is 13.8. The van der Waals surface area contributed by atoms with E-state index < -0.39 is 0 Å². The Hall–Kier alpha value is -0.810. The third-order valence-electron chi connectivity index (χ3n) is 4.55. The second-order valence-corrected chi connectivity index (χ2v) is 7.92. The number of fused-ring (bicyclic) bond motifs is 3. The van der Waals surface area contributed by atoms with Gasteiger partial charge in [-0.05, 0) is 76.4 Å². The molecular weight excluding hydrogens is 437 g/mol. The maximum absolute atomic E-state index is 3.77. The standard InChI is InChI=1S/C18H15BrIN/c19-12-6-4-11(5-7-12)18-15-3-1-2-14(15)16-10-13(20)8-9-17(16)21-18/h1-2,4-10,14-15,18,21H,3H2/t14-,15+,18+/m1/s1. The van der Waals surface area contributed by atoms with Gasteiger partial charge in [0.1, 0.15) is 0 Å². The van der Waals surface area contributed by atoms with Crippen LogP contribution in [0.4, 0.5) is 5.69 Å². The van der Waals surface area contributed by atoms with Gasteiger partial charge in [-0.2, -0.15) is 0 Å². The molecule has 0 unspecified atom stereocenters. The summed E-state index contributed by atoms with van der Waals surface area (Å²) in [5, 5.41) is 3.77. The van der Waals surface area contributed by atoms with Crippen molar-refractivity contribution in [3.8, 4) is 0 Å². The first-order valence-electron chi connectivity index (χ1n) is 7.20. The van der Waals surface area contributed by atoms with Gasteiger partial charge in [-0.15, -0.1) is 0 Å². The average Bonchev–Trinajstić information content (AvgIpc) is 2.97. The molecule has 4 rings (SSSR count). The molecule has 0 radical (unpaired) electrons. The van der Waals surface area contributed by atoms with E-state index in [1.165, 1.54) is 20.4 Å². The minimum atomic E-state index is 0.394. The Kier molecular flexibility index (Phi) is 3.58. The lowest BCUT2D eigenvalue weighted by Crippen LogP contribution is -2.29. The highest BCUT2D eigenvalue weighted by molar-refractivity contribution is 14.1. The zero-order valence-electron chi connectivity index (χ0n) is 11.4. The molecule has 0 saturated heterocycles. The molecule has 1 heterocycles. The average molecular weight is 452 g/mol. The third kappa shape index (κ3) is 2.44. The van der Waals surface area contributed by atoms with E-state index in [0.29, 0.717) is 17.9 Å². The van der Waals surface area contributed by atoms with Crippen LogP contribution in [0.2, 0.25) is 0 Å². The molecule has 1 aliphatic heterocycles. The van der Waals surface area contributed by atoms with E-state index in [9.17, 15) is 0 Å². The van der Waals surface area contributed by atoms with Crippen molar-refractivity contribution in [2.24, 2.45) is 5.92 Å². The molecule has 2 aliphatic rings. The number of nitrogens with one attached hydrogen (secondary N) is 1. The van der Waals surface area contributed by atoms with Crippen LogP contribution in [0.5, 0.6) is 0 Å². The molecule has 21 heavy (non-hydrogen) atoms. The molecule has 3 heteroatoms. The van der Waals surface area contributed by atoms with Crippen LogP contribution in [0.1, 0.15) is 29.5 Å². The van der Waals surface area contributed by atoms with Gasteiger partial charge in [-0.1, -0.05) is 40.2 Å². The summed E-state index contributed by atoms with van der Waals surface area (Å²) in [4.78, 5) is 0. The summed E-state index contributed by atoms with van der Waals surface area (Å²) in [5.74, 6) is 1.17. The predicted molar refractivity (Wildman–Crippen MR) is 99.7 cm³/mol. The largest absolute Gasteiger partial charge is 0.378 e. The van der Waals surface area contributed by atoms with Gasteiger partial charge in [0.15, 0.2) is 0 Å². The normalized spacial score (nSPS) is 26.1. The number of hydrogen-bond donors (Lipinski definition) is 1. The maximum atomic E-state index is 3.77. The minimum Gasteiger partial charge on any atom is -0.378 e. The fourth-order valence-electron chi connectivity index (χ4n) is 3.57. The Morgan fingerprint density at radius 1 is 1.10 bits per heavy atom. The van der Waals surface area contributed by atoms with Crippen LogP contribution in [0.3, 0.4) is 0 Å². The number of anilines is 1.